The molecule has 5 heteroatoms. The molecule has 0 N–H and O–H groups in total. The first-order valence-corrected chi connectivity index (χ1v) is 12.3. The first kappa shape index (κ1) is 15.9. The molecule has 1 aromatic heterocycles. The van der Waals surface area contributed by atoms with Crippen LogP contribution in [0.5, 0.6) is 0 Å². The van der Waals surface area contributed by atoms with Crippen LogP contribution in [0.15, 0.2) is 62.8 Å². The second-order valence-electron chi connectivity index (χ2n) is 5.01. The number of rotatable bonds is 3. The molecule has 0 aliphatic carbocycles. The molecule has 0 amide bonds. The maximum atomic E-state index is 4.74. The molecule has 0 saturated carbocycles. The molecule has 2 aromatic rings. The molecule has 0 atom stereocenters. The maximum absolute atomic E-state index is 4.74. The number of hydrogen-bond acceptors (Lipinski definition) is 3. The Morgan fingerprint density at radius 1 is 0.708 bits per heavy atom. The summed E-state index contributed by atoms with van der Waals surface area (Å²) in [6.45, 7) is 0. The van der Waals surface area contributed by atoms with Gasteiger partial charge >= 0.3 is 0 Å². The molecule has 0 radical (unpaired) electrons. The summed E-state index contributed by atoms with van der Waals surface area (Å²) in [6, 6.07) is 10.1. The van der Waals surface area contributed by atoms with E-state index in [-0.39, 0.29) is 41.5 Å². The summed E-state index contributed by atoms with van der Waals surface area (Å²) in [4.78, 5) is 14.2. The molecule has 3 nitrogen and oxygen atoms in total. The lowest BCUT2D eigenvalue weighted by Gasteiger charge is -2.10. The van der Waals surface area contributed by atoms with Gasteiger partial charge in [0, 0.05) is 16.7 Å². The fourth-order valence-corrected chi connectivity index (χ4v) is 5.21. The molecule has 3 heterocycles. The number of nitrogens with zero attached hydrogens (tertiary/aromatic N) is 3. The lowest BCUT2D eigenvalue weighted by molar-refractivity contribution is 1.00. The average Bonchev–Trinajstić information content (AvgIpc) is 2.70. The fraction of sp³-hybridized carbons (Fsp3) is 0. The van der Waals surface area contributed by atoms with Crippen molar-refractivity contribution >= 4 is 60.6 Å². The van der Waals surface area contributed by atoms with E-state index in [4.69, 9.17) is 15.0 Å². The Balaban J connectivity index is 1.88. The Kier molecular flexibility index (Phi) is 4.98. The van der Waals surface area contributed by atoms with Gasteiger partial charge in [0.15, 0.2) is 17.5 Å². The van der Waals surface area contributed by atoms with Crippen molar-refractivity contribution in [3.8, 4) is 11.4 Å². The van der Waals surface area contributed by atoms with Crippen LogP contribution in [0.2, 0.25) is 0 Å². The molecular weight excluding hydrogens is 524 g/mol. The second-order valence-corrected chi connectivity index (χ2v) is 9.23. The maximum Gasteiger partial charge on any atom is 0.164 e. The van der Waals surface area contributed by atoms with Crippen molar-refractivity contribution in [3.63, 3.8) is 0 Å². The molecule has 1 aromatic carbocycles. The van der Waals surface area contributed by atoms with Crippen molar-refractivity contribution in [2.75, 3.05) is 0 Å². The Morgan fingerprint density at radius 2 is 1.50 bits per heavy atom. The Morgan fingerprint density at radius 3 is 2.21 bits per heavy atom. The van der Waals surface area contributed by atoms with Gasteiger partial charge in [-0.15, -0.1) is 0 Å². The Bertz CT molecular complexity index is 896. The van der Waals surface area contributed by atoms with Crippen LogP contribution in [0.3, 0.4) is 0 Å². The first-order valence-electron chi connectivity index (χ1n) is 7.36. The highest BCUT2D eigenvalue weighted by atomic mass is 127. The first-order chi connectivity index (χ1) is 11.9. The molecule has 4 rings (SSSR count). The Labute approximate surface area is 160 Å². The van der Waals surface area contributed by atoms with Crippen molar-refractivity contribution < 1.29 is 0 Å². The number of hydrogen-bond donors (Lipinski definition) is 0. The molecule has 0 bridgehead atoms. The molecule has 0 spiro atoms. The highest BCUT2D eigenvalue weighted by Gasteiger charge is 2.13. The zero-order valence-electron chi connectivity index (χ0n) is 12.6. The van der Waals surface area contributed by atoms with Gasteiger partial charge < -0.3 is 0 Å². The van der Waals surface area contributed by atoms with Gasteiger partial charge in [0.25, 0.3) is 0 Å². The third kappa shape index (κ3) is 3.56. The summed E-state index contributed by atoms with van der Waals surface area (Å²) in [6.07, 6.45) is 8.45. The molecule has 0 saturated heterocycles. The van der Waals surface area contributed by atoms with E-state index in [0.717, 1.165) is 34.2 Å². The minimum Gasteiger partial charge on any atom is -0.208 e. The molecule has 2 aliphatic heterocycles. The number of halogens is 2. The van der Waals surface area contributed by atoms with Gasteiger partial charge in [-0.1, -0.05) is 83.9 Å². The zero-order valence-corrected chi connectivity index (χ0v) is 16.9. The number of benzene rings is 1. The highest BCUT2D eigenvalue weighted by Crippen LogP contribution is 2.25. The normalized spacial score (nSPS) is 16.0. The minimum absolute atomic E-state index is 0.0463. The molecule has 2 aliphatic rings. The van der Waals surface area contributed by atoms with E-state index in [1.165, 1.54) is 0 Å². The van der Waals surface area contributed by atoms with Gasteiger partial charge in [-0.3, -0.25) is 0 Å². The van der Waals surface area contributed by atoms with Gasteiger partial charge in [-0.05, 0) is 28.3 Å². The van der Waals surface area contributed by atoms with Crippen LogP contribution >= 0.6 is 41.5 Å². The summed E-state index contributed by atoms with van der Waals surface area (Å²) in [5.74, 6) is 2.24. The summed E-state index contributed by atoms with van der Waals surface area (Å²) in [5.41, 5.74) is 3.17. The number of allylic oxidation sites excluding steroid dienone is 6. The predicted molar refractivity (Wildman–Crippen MR) is 120 cm³/mol. The number of aromatic nitrogens is 3. The van der Waals surface area contributed by atoms with E-state index in [1.54, 1.807) is 0 Å². The smallest absolute Gasteiger partial charge is 0.164 e. The SMILES string of the molecule is C1=CC(c2nc(C3=CC=IC=C3)nc(-c3ccccc3)n2)=CI=C1. The standard InChI is InChI=1S/C19H13I2N3/c1-2-5-14(6-3-1)17-22-18(15-8-11-20-12-9-15)24-19(23-17)16-7-4-10-21-13-16/h1-13H. The van der Waals surface area contributed by atoms with Crippen LogP contribution in [-0.2, 0) is 0 Å². The summed E-state index contributed by atoms with van der Waals surface area (Å²) >= 11 is 0.000615. The van der Waals surface area contributed by atoms with Crippen LogP contribution in [0.1, 0.15) is 11.6 Å². The van der Waals surface area contributed by atoms with Gasteiger partial charge in [0.05, 0.1) is 0 Å². The van der Waals surface area contributed by atoms with Crippen molar-refractivity contribution in [1.82, 2.24) is 15.0 Å². The quantitative estimate of drug-likeness (QED) is 0.523. The van der Waals surface area contributed by atoms with E-state index < -0.39 is 0 Å². The van der Waals surface area contributed by atoms with Gasteiger partial charge in [0.1, 0.15) is 0 Å². The summed E-state index contributed by atoms with van der Waals surface area (Å²) < 4.78 is 8.96. The van der Waals surface area contributed by atoms with Crippen LogP contribution in [0, 0.1) is 0 Å². The molecule has 0 unspecified atom stereocenters. The average molecular weight is 537 g/mol. The zero-order chi connectivity index (χ0) is 16.2. The third-order valence-electron chi connectivity index (χ3n) is 3.42. The van der Waals surface area contributed by atoms with Crippen LogP contribution in [-0.4, -0.2) is 23.0 Å². The largest absolute Gasteiger partial charge is 0.208 e. The van der Waals surface area contributed by atoms with E-state index in [2.05, 4.69) is 40.5 Å². The molecule has 0 fully saturated rings. The van der Waals surface area contributed by atoms with Gasteiger partial charge in [-0.25, -0.2) is 15.0 Å². The van der Waals surface area contributed by atoms with Gasteiger partial charge in [-0.2, -0.15) is 0 Å². The minimum atomic E-state index is -0.0463. The van der Waals surface area contributed by atoms with Crippen molar-refractivity contribution in [1.29, 1.82) is 0 Å². The van der Waals surface area contributed by atoms with E-state index in [9.17, 15) is 0 Å². The van der Waals surface area contributed by atoms with Crippen molar-refractivity contribution in [2.45, 2.75) is 0 Å². The van der Waals surface area contributed by atoms with Crippen molar-refractivity contribution in [3.05, 3.63) is 74.5 Å². The molecule has 24 heavy (non-hydrogen) atoms. The Hall–Kier alpha value is -1.61. The monoisotopic (exact) mass is 537 g/mol. The topological polar surface area (TPSA) is 38.7 Å². The lowest BCUT2D eigenvalue weighted by Crippen LogP contribution is -2.04. The van der Waals surface area contributed by atoms with E-state index in [1.807, 2.05) is 30.3 Å². The van der Waals surface area contributed by atoms with Gasteiger partial charge in [0.2, 0.25) is 0 Å². The summed E-state index contributed by atoms with van der Waals surface area (Å²) in [5, 5.41) is 0. The third-order valence-corrected chi connectivity index (χ3v) is 6.83. The summed E-state index contributed by atoms with van der Waals surface area (Å²) in [7, 11) is 0. The predicted octanol–water partition coefficient (Wildman–Crippen LogP) is 4.91. The lowest BCUT2D eigenvalue weighted by atomic mass is 10.2. The van der Waals surface area contributed by atoms with Crippen LogP contribution < -0.4 is 0 Å². The van der Waals surface area contributed by atoms with Crippen molar-refractivity contribution in [2.24, 2.45) is 0 Å². The molecular formula is C19H13I2N3. The highest BCUT2D eigenvalue weighted by molar-refractivity contribution is 14.2. The van der Waals surface area contributed by atoms with E-state index >= 15 is 0 Å². The van der Waals surface area contributed by atoms with Crippen LogP contribution in [0.4, 0.5) is 0 Å². The molecule has 118 valence electrons. The van der Waals surface area contributed by atoms with Crippen LogP contribution in [0.25, 0.3) is 22.5 Å². The second kappa shape index (κ2) is 7.52. The fourth-order valence-electron chi connectivity index (χ4n) is 2.25. The van der Waals surface area contributed by atoms with E-state index in [0.29, 0.717) is 0 Å².